The van der Waals surface area contributed by atoms with Crippen LogP contribution in [0.25, 0.3) is 6.08 Å². The third kappa shape index (κ3) is 2.07. The van der Waals surface area contributed by atoms with Gasteiger partial charge in [0.25, 0.3) is 0 Å². The van der Waals surface area contributed by atoms with E-state index in [-0.39, 0.29) is 5.56 Å². The first-order valence-corrected chi connectivity index (χ1v) is 3.60. The summed E-state index contributed by atoms with van der Waals surface area (Å²) in [5, 5.41) is 17.0. The van der Waals surface area contributed by atoms with Crippen LogP contribution in [0, 0.1) is 11.6 Å². The highest BCUT2D eigenvalue weighted by molar-refractivity contribution is 5.89. The highest BCUT2D eigenvalue weighted by atomic mass is 19.2. The van der Waals surface area contributed by atoms with Gasteiger partial charge in [0.15, 0.2) is 11.6 Å². The number of hydrogen-bond donors (Lipinski definition) is 2. The molecule has 3 nitrogen and oxygen atoms in total. The second kappa shape index (κ2) is 3.87. The number of carboxylic acids is 1. The molecule has 0 unspecified atom stereocenters. The fourth-order valence-electron chi connectivity index (χ4n) is 0.841. The van der Waals surface area contributed by atoms with Crippen LogP contribution in [-0.4, -0.2) is 16.2 Å². The lowest BCUT2D eigenvalue weighted by atomic mass is 10.2. The lowest BCUT2D eigenvalue weighted by molar-refractivity contribution is -0.135. The number of aliphatic hydroxyl groups excluding tert-OH is 1. The van der Waals surface area contributed by atoms with Gasteiger partial charge in [0.05, 0.1) is 0 Å². The zero-order chi connectivity index (χ0) is 10.7. The molecular formula is C9H6F2O3. The number of carboxylic acid groups (broad SMARTS) is 1. The van der Waals surface area contributed by atoms with Crippen LogP contribution in [0.4, 0.5) is 8.78 Å². The third-order valence-electron chi connectivity index (χ3n) is 1.49. The van der Waals surface area contributed by atoms with Crippen molar-refractivity contribution in [1.29, 1.82) is 0 Å². The number of aliphatic carboxylic acids is 1. The van der Waals surface area contributed by atoms with Gasteiger partial charge >= 0.3 is 5.97 Å². The van der Waals surface area contributed by atoms with Crippen LogP contribution in [0.3, 0.4) is 0 Å². The predicted octanol–water partition coefficient (Wildman–Crippen LogP) is 1.95. The summed E-state index contributed by atoms with van der Waals surface area (Å²) in [5.74, 6) is -4.94. The number of hydrogen-bond acceptors (Lipinski definition) is 2. The Bertz CT molecular complexity index is 399. The van der Waals surface area contributed by atoms with Crippen LogP contribution in [0.15, 0.2) is 24.0 Å². The Morgan fingerprint density at radius 1 is 1.29 bits per heavy atom. The van der Waals surface area contributed by atoms with Crippen LogP contribution in [-0.2, 0) is 4.79 Å². The largest absolute Gasteiger partial charge is 0.502 e. The maximum absolute atomic E-state index is 12.9. The van der Waals surface area contributed by atoms with E-state index >= 15 is 0 Å². The van der Waals surface area contributed by atoms with Gasteiger partial charge in [-0.1, -0.05) is 12.1 Å². The van der Waals surface area contributed by atoms with Gasteiger partial charge in [-0.3, -0.25) is 0 Å². The minimum Gasteiger partial charge on any atom is -0.502 e. The summed E-state index contributed by atoms with van der Waals surface area (Å²) in [6, 6.07) is 3.25. The second-order valence-electron chi connectivity index (χ2n) is 2.48. The molecule has 0 fully saturated rings. The molecule has 5 heteroatoms. The summed E-state index contributed by atoms with van der Waals surface area (Å²) in [6.07, 6.45) is 0.640. The minimum absolute atomic E-state index is 0.315. The van der Waals surface area contributed by atoms with E-state index in [1.165, 1.54) is 6.07 Å². The third-order valence-corrected chi connectivity index (χ3v) is 1.49. The summed E-state index contributed by atoms with van der Waals surface area (Å²) in [5.41, 5.74) is -0.315. The Balaban J connectivity index is 3.15. The molecule has 0 saturated carbocycles. The van der Waals surface area contributed by atoms with Crippen molar-refractivity contribution in [3.63, 3.8) is 0 Å². The van der Waals surface area contributed by atoms with E-state index in [2.05, 4.69) is 0 Å². The quantitative estimate of drug-likeness (QED) is 0.566. The SMILES string of the molecule is O=C(O)/C(O)=C/c1cccc(F)c1F. The second-order valence-corrected chi connectivity index (χ2v) is 2.48. The lowest BCUT2D eigenvalue weighted by Crippen LogP contribution is -1.99. The maximum atomic E-state index is 12.9. The first-order valence-electron chi connectivity index (χ1n) is 3.60. The molecule has 14 heavy (non-hydrogen) atoms. The number of halogens is 2. The normalized spacial score (nSPS) is 11.4. The molecule has 0 aromatic heterocycles. The minimum atomic E-state index is -1.60. The van der Waals surface area contributed by atoms with Gasteiger partial charge in [0.1, 0.15) is 0 Å². The van der Waals surface area contributed by atoms with Crippen LogP contribution in [0.5, 0.6) is 0 Å². The van der Waals surface area contributed by atoms with Crippen molar-refractivity contribution in [2.45, 2.75) is 0 Å². The Kier molecular flexibility index (Phi) is 2.81. The zero-order valence-electron chi connectivity index (χ0n) is 6.87. The fraction of sp³-hybridized carbons (Fsp3) is 0. The Labute approximate surface area is 77.9 Å². The standard InChI is InChI=1S/C9H6F2O3/c10-6-3-1-2-5(8(6)11)4-7(12)9(13)14/h1-4,12H,(H,13,14)/b7-4-. The van der Waals surface area contributed by atoms with Crippen LogP contribution in [0.1, 0.15) is 5.56 Å². The highest BCUT2D eigenvalue weighted by Crippen LogP contribution is 2.14. The Morgan fingerprint density at radius 3 is 2.50 bits per heavy atom. The molecule has 2 N–H and O–H groups in total. The van der Waals surface area contributed by atoms with E-state index in [1.807, 2.05) is 0 Å². The molecule has 0 aliphatic heterocycles. The fourth-order valence-corrected chi connectivity index (χ4v) is 0.841. The number of rotatable bonds is 2. The van der Waals surface area contributed by atoms with E-state index in [1.54, 1.807) is 0 Å². The molecule has 0 aliphatic rings. The monoisotopic (exact) mass is 200 g/mol. The predicted molar refractivity (Wildman–Crippen MR) is 44.6 cm³/mol. The molecule has 1 aromatic carbocycles. The first-order chi connectivity index (χ1) is 6.52. The Hall–Kier alpha value is -1.91. The van der Waals surface area contributed by atoms with Gasteiger partial charge in [-0.2, -0.15) is 0 Å². The van der Waals surface area contributed by atoms with Gasteiger partial charge in [-0.15, -0.1) is 0 Å². The summed E-state index contributed by atoms with van der Waals surface area (Å²) in [4.78, 5) is 10.2. The molecule has 0 radical (unpaired) electrons. The van der Waals surface area contributed by atoms with E-state index in [0.717, 1.165) is 12.1 Å². The van der Waals surface area contributed by atoms with Gasteiger partial charge in [-0.25, -0.2) is 13.6 Å². The summed E-state index contributed by atoms with van der Waals surface area (Å²) in [6.45, 7) is 0. The van der Waals surface area contributed by atoms with Crippen molar-refractivity contribution in [3.8, 4) is 0 Å². The number of carbonyl (C=O) groups is 1. The van der Waals surface area contributed by atoms with Crippen molar-refractivity contribution in [2.24, 2.45) is 0 Å². The van der Waals surface area contributed by atoms with Crippen LogP contribution in [0.2, 0.25) is 0 Å². The maximum Gasteiger partial charge on any atom is 0.370 e. The number of aliphatic hydroxyl groups is 1. The molecule has 0 aliphatic carbocycles. The summed E-state index contributed by atoms with van der Waals surface area (Å²) < 4.78 is 25.5. The van der Waals surface area contributed by atoms with Crippen LogP contribution < -0.4 is 0 Å². The molecule has 0 saturated heterocycles. The smallest absolute Gasteiger partial charge is 0.370 e. The average molecular weight is 200 g/mol. The Morgan fingerprint density at radius 2 is 1.93 bits per heavy atom. The van der Waals surface area contributed by atoms with Gasteiger partial charge in [0.2, 0.25) is 5.76 Å². The molecule has 0 heterocycles. The topological polar surface area (TPSA) is 57.5 Å². The van der Waals surface area contributed by atoms with Crippen molar-refractivity contribution in [3.05, 3.63) is 41.2 Å². The van der Waals surface area contributed by atoms with Gasteiger partial charge in [-0.05, 0) is 12.1 Å². The molecule has 0 spiro atoms. The van der Waals surface area contributed by atoms with Crippen LogP contribution >= 0.6 is 0 Å². The molecule has 0 bridgehead atoms. The molecule has 74 valence electrons. The molecule has 1 aromatic rings. The van der Waals surface area contributed by atoms with Crippen molar-refractivity contribution in [2.75, 3.05) is 0 Å². The van der Waals surface area contributed by atoms with E-state index in [0.29, 0.717) is 6.08 Å². The average Bonchev–Trinajstić information content (AvgIpc) is 2.12. The summed E-state index contributed by atoms with van der Waals surface area (Å²) >= 11 is 0. The first kappa shape index (κ1) is 10.2. The zero-order valence-corrected chi connectivity index (χ0v) is 6.87. The highest BCUT2D eigenvalue weighted by Gasteiger charge is 2.09. The molecule has 0 atom stereocenters. The van der Waals surface area contributed by atoms with Crippen molar-refractivity contribution < 1.29 is 23.8 Å². The van der Waals surface area contributed by atoms with Gasteiger partial charge in [0, 0.05) is 5.56 Å². The van der Waals surface area contributed by atoms with E-state index in [9.17, 15) is 13.6 Å². The molecular weight excluding hydrogens is 194 g/mol. The summed E-state index contributed by atoms with van der Waals surface area (Å²) in [7, 11) is 0. The molecule has 0 amide bonds. The van der Waals surface area contributed by atoms with Crippen molar-refractivity contribution in [1.82, 2.24) is 0 Å². The molecule has 1 rings (SSSR count). The van der Waals surface area contributed by atoms with Gasteiger partial charge < -0.3 is 10.2 Å². The van der Waals surface area contributed by atoms with Crippen molar-refractivity contribution >= 4 is 12.0 Å². The van der Waals surface area contributed by atoms with E-state index < -0.39 is 23.4 Å². The lowest BCUT2D eigenvalue weighted by Gasteiger charge is -1.97. The van der Waals surface area contributed by atoms with E-state index in [4.69, 9.17) is 10.2 Å². The number of benzene rings is 1.